The topological polar surface area (TPSA) is 139 Å². The molecule has 0 aromatic carbocycles. The maximum Gasteiger partial charge on any atom is 0.351 e. The lowest BCUT2D eigenvalue weighted by molar-refractivity contribution is -0.0146. The Morgan fingerprint density at radius 1 is 1.68 bits per heavy atom. The SMILES string of the molecule is [N-]=[N+]=NCC1=C[C@@H](CO)O[C@H]1n1ccc(N)nc1=O. The third kappa shape index (κ3) is 2.74. The molecule has 0 radical (unpaired) electrons. The van der Waals surface area contributed by atoms with Crippen molar-refractivity contribution in [1.82, 2.24) is 9.55 Å². The summed E-state index contributed by atoms with van der Waals surface area (Å²) in [7, 11) is 0. The van der Waals surface area contributed by atoms with Crippen LogP contribution in [-0.4, -0.2) is 33.9 Å². The second-order valence-electron chi connectivity index (χ2n) is 3.88. The Bertz CT molecular complexity index is 604. The van der Waals surface area contributed by atoms with E-state index in [2.05, 4.69) is 15.0 Å². The zero-order valence-electron chi connectivity index (χ0n) is 9.88. The molecule has 0 spiro atoms. The van der Waals surface area contributed by atoms with Crippen molar-refractivity contribution in [2.24, 2.45) is 5.11 Å². The number of azide groups is 1. The van der Waals surface area contributed by atoms with E-state index in [1.54, 1.807) is 6.08 Å². The quantitative estimate of drug-likeness (QED) is 0.339. The van der Waals surface area contributed by atoms with Gasteiger partial charge in [-0.3, -0.25) is 4.57 Å². The molecule has 9 nitrogen and oxygen atoms in total. The van der Waals surface area contributed by atoms with Crippen LogP contribution in [0.2, 0.25) is 0 Å². The molecule has 2 heterocycles. The second-order valence-corrected chi connectivity index (χ2v) is 3.88. The maximum atomic E-state index is 11.7. The Balaban J connectivity index is 2.34. The first kappa shape index (κ1) is 13.1. The van der Waals surface area contributed by atoms with E-state index in [-0.39, 0.29) is 19.0 Å². The molecule has 0 amide bonds. The van der Waals surface area contributed by atoms with Crippen LogP contribution < -0.4 is 11.4 Å². The molecule has 3 N–H and O–H groups in total. The molecule has 1 aromatic rings. The van der Waals surface area contributed by atoms with Crippen LogP contribution >= 0.6 is 0 Å². The van der Waals surface area contributed by atoms with E-state index < -0.39 is 18.0 Å². The Kier molecular flexibility index (Phi) is 3.81. The average Bonchev–Trinajstić information content (AvgIpc) is 2.79. The van der Waals surface area contributed by atoms with E-state index in [0.717, 1.165) is 0 Å². The van der Waals surface area contributed by atoms with Gasteiger partial charge in [0.15, 0.2) is 6.23 Å². The fraction of sp³-hybridized carbons (Fsp3) is 0.400. The van der Waals surface area contributed by atoms with Gasteiger partial charge in [0.05, 0.1) is 13.2 Å². The zero-order valence-corrected chi connectivity index (χ0v) is 9.88. The smallest absolute Gasteiger partial charge is 0.351 e. The molecule has 100 valence electrons. The lowest BCUT2D eigenvalue weighted by Gasteiger charge is -2.17. The number of hydrogen-bond donors (Lipinski definition) is 2. The van der Waals surface area contributed by atoms with Crippen LogP contribution in [0.4, 0.5) is 5.82 Å². The van der Waals surface area contributed by atoms with Crippen molar-refractivity contribution in [1.29, 1.82) is 0 Å². The van der Waals surface area contributed by atoms with Crippen molar-refractivity contribution in [2.45, 2.75) is 12.3 Å². The summed E-state index contributed by atoms with van der Waals surface area (Å²) in [5, 5.41) is 12.5. The van der Waals surface area contributed by atoms with E-state index in [1.807, 2.05) is 0 Å². The molecule has 0 saturated heterocycles. The van der Waals surface area contributed by atoms with Gasteiger partial charge < -0.3 is 15.6 Å². The summed E-state index contributed by atoms with van der Waals surface area (Å²) in [6.07, 6.45) is 1.78. The molecular weight excluding hydrogens is 252 g/mol. The molecule has 0 fully saturated rings. The Hall–Kier alpha value is -2.35. The zero-order chi connectivity index (χ0) is 13.8. The molecule has 1 aliphatic heterocycles. The van der Waals surface area contributed by atoms with Crippen LogP contribution in [0.3, 0.4) is 0 Å². The van der Waals surface area contributed by atoms with E-state index in [1.165, 1.54) is 16.8 Å². The fourth-order valence-electron chi connectivity index (χ4n) is 1.80. The molecule has 1 aromatic heterocycles. The third-order valence-corrected chi connectivity index (χ3v) is 2.62. The standard InChI is InChI=1S/C10H12N6O3/c11-8-1-2-16(10(18)14-8)9-6(4-13-15-12)3-7(5-17)19-9/h1-3,7,9,17H,4-5H2,(H2,11,14,18)/t7-,9+/m0/s1. The monoisotopic (exact) mass is 264 g/mol. The summed E-state index contributed by atoms with van der Waals surface area (Å²) >= 11 is 0. The van der Waals surface area contributed by atoms with Crippen molar-refractivity contribution in [3.8, 4) is 0 Å². The molecule has 2 rings (SSSR count). The first-order valence-electron chi connectivity index (χ1n) is 5.48. The van der Waals surface area contributed by atoms with Crippen molar-refractivity contribution in [3.63, 3.8) is 0 Å². The number of hydrogen-bond acceptors (Lipinski definition) is 6. The number of nitrogens with two attached hydrogens (primary N) is 1. The molecule has 9 heteroatoms. The van der Waals surface area contributed by atoms with Crippen molar-refractivity contribution >= 4 is 5.82 Å². The summed E-state index contributed by atoms with van der Waals surface area (Å²) in [5.74, 6) is 0.110. The molecule has 1 aliphatic rings. The van der Waals surface area contributed by atoms with E-state index in [9.17, 15) is 4.79 Å². The van der Waals surface area contributed by atoms with Gasteiger partial charge in [0, 0.05) is 11.1 Å². The van der Waals surface area contributed by atoms with E-state index in [4.69, 9.17) is 21.1 Å². The summed E-state index contributed by atoms with van der Waals surface area (Å²) in [5.41, 5.74) is 13.8. The number of ether oxygens (including phenoxy) is 1. The van der Waals surface area contributed by atoms with E-state index >= 15 is 0 Å². The number of rotatable bonds is 4. The molecule has 0 aliphatic carbocycles. The van der Waals surface area contributed by atoms with Gasteiger partial charge in [-0.25, -0.2) is 4.79 Å². The molecular formula is C10H12N6O3. The Morgan fingerprint density at radius 3 is 3.11 bits per heavy atom. The average molecular weight is 264 g/mol. The summed E-state index contributed by atoms with van der Waals surface area (Å²) in [4.78, 5) is 18.0. The Labute approximate surface area is 107 Å². The number of anilines is 1. The summed E-state index contributed by atoms with van der Waals surface area (Å²) in [6.45, 7) is -0.179. The highest BCUT2D eigenvalue weighted by molar-refractivity contribution is 5.25. The second kappa shape index (κ2) is 5.53. The van der Waals surface area contributed by atoms with Gasteiger partial charge in [0.1, 0.15) is 11.9 Å². The summed E-state index contributed by atoms with van der Waals surface area (Å²) < 4.78 is 6.71. The number of nitrogen functional groups attached to an aromatic ring is 1. The highest BCUT2D eigenvalue weighted by atomic mass is 16.5. The van der Waals surface area contributed by atoms with Gasteiger partial charge in [0.25, 0.3) is 0 Å². The van der Waals surface area contributed by atoms with Gasteiger partial charge in [-0.05, 0) is 23.2 Å². The molecule has 19 heavy (non-hydrogen) atoms. The van der Waals surface area contributed by atoms with Crippen LogP contribution in [-0.2, 0) is 4.74 Å². The van der Waals surface area contributed by atoms with Crippen molar-refractivity contribution in [2.75, 3.05) is 18.9 Å². The predicted octanol–water partition coefficient (Wildman–Crippen LogP) is -0.0481. The van der Waals surface area contributed by atoms with Crippen LogP contribution in [0, 0.1) is 0 Å². The molecule has 0 unspecified atom stereocenters. The van der Waals surface area contributed by atoms with Crippen molar-refractivity contribution < 1.29 is 9.84 Å². The minimum atomic E-state index is -0.747. The van der Waals surface area contributed by atoms with Crippen LogP contribution in [0.1, 0.15) is 6.23 Å². The van der Waals surface area contributed by atoms with Gasteiger partial charge in [-0.15, -0.1) is 0 Å². The van der Waals surface area contributed by atoms with Crippen LogP contribution in [0.15, 0.2) is 33.8 Å². The van der Waals surface area contributed by atoms with Crippen LogP contribution in [0.5, 0.6) is 0 Å². The number of aliphatic hydroxyl groups is 1. The number of aliphatic hydroxyl groups excluding tert-OH is 1. The number of nitrogens with zero attached hydrogens (tertiary/aromatic N) is 5. The predicted molar refractivity (Wildman–Crippen MR) is 66.0 cm³/mol. The maximum absolute atomic E-state index is 11.7. The lowest BCUT2D eigenvalue weighted by atomic mass is 10.2. The van der Waals surface area contributed by atoms with Crippen LogP contribution in [0.25, 0.3) is 10.4 Å². The molecule has 2 atom stereocenters. The first-order chi connectivity index (χ1) is 9.15. The molecule has 0 saturated carbocycles. The normalized spacial score (nSPS) is 21.8. The fourth-order valence-corrected chi connectivity index (χ4v) is 1.80. The van der Waals surface area contributed by atoms with Crippen molar-refractivity contribution in [3.05, 3.63) is 44.8 Å². The Morgan fingerprint density at radius 2 is 2.47 bits per heavy atom. The minimum absolute atomic E-state index is 0.0501. The highest BCUT2D eigenvalue weighted by Crippen LogP contribution is 2.27. The van der Waals surface area contributed by atoms with Gasteiger partial charge >= 0.3 is 5.69 Å². The minimum Gasteiger partial charge on any atom is -0.393 e. The lowest BCUT2D eigenvalue weighted by Crippen LogP contribution is -2.29. The van der Waals surface area contributed by atoms with E-state index in [0.29, 0.717) is 5.57 Å². The molecule has 0 bridgehead atoms. The largest absolute Gasteiger partial charge is 0.393 e. The van der Waals surface area contributed by atoms with Gasteiger partial charge in [-0.2, -0.15) is 4.98 Å². The first-order valence-corrected chi connectivity index (χ1v) is 5.48. The third-order valence-electron chi connectivity index (χ3n) is 2.62. The number of aromatic nitrogens is 2. The highest BCUT2D eigenvalue weighted by Gasteiger charge is 2.28. The summed E-state index contributed by atoms with van der Waals surface area (Å²) in [6, 6.07) is 1.46. The van der Waals surface area contributed by atoms with Gasteiger partial charge in [-0.1, -0.05) is 5.11 Å². The van der Waals surface area contributed by atoms with Gasteiger partial charge in [0.2, 0.25) is 0 Å².